The Morgan fingerprint density at radius 1 is 1.24 bits per heavy atom. The van der Waals surface area contributed by atoms with Crippen LogP contribution in [0.25, 0.3) is 0 Å². The van der Waals surface area contributed by atoms with Crippen molar-refractivity contribution >= 4 is 5.91 Å². The van der Waals surface area contributed by atoms with E-state index in [2.05, 4.69) is 10.3 Å². The quantitative estimate of drug-likeness (QED) is 0.770. The maximum Gasteiger partial charge on any atom is 0.224 e. The highest BCUT2D eigenvalue weighted by Gasteiger charge is 2.07. The molecule has 0 aliphatic carbocycles. The third kappa shape index (κ3) is 5.99. The summed E-state index contributed by atoms with van der Waals surface area (Å²) in [7, 11) is 1.60. The molecule has 2 aromatic rings. The van der Waals surface area contributed by atoms with Crippen molar-refractivity contribution in [1.29, 1.82) is 0 Å². The number of carbonyl (C=O) groups excluding carboxylic acids is 1. The van der Waals surface area contributed by atoms with Crippen LogP contribution in [0.15, 0.2) is 41.3 Å². The van der Waals surface area contributed by atoms with E-state index in [4.69, 9.17) is 9.47 Å². The van der Waals surface area contributed by atoms with Crippen LogP contribution in [-0.4, -0.2) is 24.6 Å². The van der Waals surface area contributed by atoms with Gasteiger partial charge in [0, 0.05) is 18.0 Å². The third-order valence-electron chi connectivity index (χ3n) is 3.51. The summed E-state index contributed by atoms with van der Waals surface area (Å²) in [5, 5.41) is 2.79. The summed E-state index contributed by atoms with van der Waals surface area (Å²) in [6, 6.07) is 8.78. The summed E-state index contributed by atoms with van der Waals surface area (Å²) < 4.78 is 10.5. The number of hydrogen-bond acceptors (Lipinski definition) is 4. The van der Waals surface area contributed by atoms with Gasteiger partial charge < -0.3 is 19.8 Å². The van der Waals surface area contributed by atoms with Crippen LogP contribution in [0.5, 0.6) is 11.5 Å². The van der Waals surface area contributed by atoms with E-state index in [1.807, 2.05) is 38.1 Å². The molecule has 0 atom stereocenters. The van der Waals surface area contributed by atoms with Gasteiger partial charge in [-0.25, -0.2) is 0 Å². The van der Waals surface area contributed by atoms with E-state index in [9.17, 15) is 9.59 Å². The van der Waals surface area contributed by atoms with E-state index in [-0.39, 0.29) is 24.3 Å². The second kappa shape index (κ2) is 8.92. The van der Waals surface area contributed by atoms with E-state index in [1.165, 1.54) is 12.3 Å². The average Bonchev–Trinajstić information content (AvgIpc) is 2.59. The lowest BCUT2D eigenvalue weighted by Crippen LogP contribution is -2.25. The molecule has 6 heteroatoms. The second-order valence-electron chi connectivity index (χ2n) is 6.19. The van der Waals surface area contributed by atoms with Crippen LogP contribution in [0.2, 0.25) is 0 Å². The van der Waals surface area contributed by atoms with Gasteiger partial charge in [0.2, 0.25) is 11.3 Å². The Kier molecular flexibility index (Phi) is 6.62. The average molecular weight is 344 g/mol. The number of methoxy groups -OCH3 is 1. The fourth-order valence-corrected chi connectivity index (χ4v) is 2.16. The number of pyridine rings is 1. The van der Waals surface area contributed by atoms with Crippen molar-refractivity contribution in [2.45, 2.75) is 26.8 Å². The van der Waals surface area contributed by atoms with E-state index < -0.39 is 0 Å². The topological polar surface area (TPSA) is 80.4 Å². The first-order chi connectivity index (χ1) is 12.0. The van der Waals surface area contributed by atoms with E-state index in [1.54, 1.807) is 7.11 Å². The minimum Gasteiger partial charge on any atom is -0.497 e. The smallest absolute Gasteiger partial charge is 0.224 e. The van der Waals surface area contributed by atoms with Gasteiger partial charge in [-0.15, -0.1) is 0 Å². The van der Waals surface area contributed by atoms with Crippen molar-refractivity contribution in [3.63, 3.8) is 0 Å². The van der Waals surface area contributed by atoms with Crippen molar-refractivity contribution in [1.82, 2.24) is 10.3 Å². The minimum atomic E-state index is -0.196. The van der Waals surface area contributed by atoms with Gasteiger partial charge in [0.25, 0.3) is 0 Å². The molecule has 1 aromatic heterocycles. The standard InChI is InChI=1S/C19H24N2O4/c1-13(2)12-25-18-11-20-15(9-17(18)22)10-21-19(23)8-14-4-6-16(24-3)7-5-14/h4-7,9,11,13H,8,10,12H2,1-3H3,(H,20,22)(H,21,23). The zero-order valence-electron chi connectivity index (χ0n) is 14.8. The Balaban J connectivity index is 1.86. The summed E-state index contributed by atoms with van der Waals surface area (Å²) >= 11 is 0. The highest BCUT2D eigenvalue weighted by molar-refractivity contribution is 5.78. The zero-order chi connectivity index (χ0) is 18.2. The Hall–Kier alpha value is -2.76. The molecule has 1 amide bonds. The van der Waals surface area contributed by atoms with Gasteiger partial charge >= 0.3 is 0 Å². The largest absolute Gasteiger partial charge is 0.497 e. The minimum absolute atomic E-state index is 0.119. The van der Waals surface area contributed by atoms with E-state index >= 15 is 0 Å². The van der Waals surface area contributed by atoms with Crippen LogP contribution in [0.1, 0.15) is 25.1 Å². The number of benzene rings is 1. The van der Waals surface area contributed by atoms with Crippen molar-refractivity contribution in [2.24, 2.45) is 5.92 Å². The first-order valence-corrected chi connectivity index (χ1v) is 8.22. The molecule has 1 aromatic carbocycles. The molecular weight excluding hydrogens is 320 g/mol. The molecule has 0 aliphatic rings. The molecule has 1 heterocycles. The number of nitrogens with one attached hydrogen (secondary N) is 2. The highest BCUT2D eigenvalue weighted by Crippen LogP contribution is 2.11. The lowest BCUT2D eigenvalue weighted by atomic mass is 10.1. The van der Waals surface area contributed by atoms with Gasteiger partial charge in [-0.05, 0) is 23.6 Å². The monoisotopic (exact) mass is 344 g/mol. The molecule has 25 heavy (non-hydrogen) atoms. The SMILES string of the molecule is COc1ccc(CC(=O)NCc2cc(=O)c(OCC(C)C)c[nH]2)cc1. The molecule has 2 N–H and O–H groups in total. The molecule has 2 rings (SSSR count). The van der Waals surface area contributed by atoms with Gasteiger partial charge in [0.15, 0.2) is 5.75 Å². The Bertz CT molecular complexity index is 751. The van der Waals surface area contributed by atoms with Crippen molar-refractivity contribution in [3.8, 4) is 11.5 Å². The number of aromatic nitrogens is 1. The summed E-state index contributed by atoms with van der Waals surface area (Å²) in [6.07, 6.45) is 1.81. The number of hydrogen-bond donors (Lipinski definition) is 2. The fourth-order valence-electron chi connectivity index (χ4n) is 2.16. The maximum absolute atomic E-state index is 12.0. The van der Waals surface area contributed by atoms with Crippen LogP contribution < -0.4 is 20.2 Å². The third-order valence-corrected chi connectivity index (χ3v) is 3.51. The van der Waals surface area contributed by atoms with Crippen LogP contribution in [0.3, 0.4) is 0 Å². The summed E-state index contributed by atoms with van der Waals surface area (Å²) in [6.45, 7) is 4.78. The lowest BCUT2D eigenvalue weighted by Gasteiger charge is -2.09. The molecular formula is C19H24N2O4. The Morgan fingerprint density at radius 3 is 2.56 bits per heavy atom. The van der Waals surface area contributed by atoms with Gasteiger partial charge in [-0.3, -0.25) is 9.59 Å². The number of rotatable bonds is 8. The number of H-pyrrole nitrogens is 1. The van der Waals surface area contributed by atoms with E-state index in [0.29, 0.717) is 24.0 Å². The van der Waals surface area contributed by atoms with Crippen LogP contribution >= 0.6 is 0 Å². The van der Waals surface area contributed by atoms with Gasteiger partial charge in [0.05, 0.1) is 26.7 Å². The lowest BCUT2D eigenvalue weighted by molar-refractivity contribution is -0.120. The van der Waals surface area contributed by atoms with Gasteiger partial charge in [-0.2, -0.15) is 0 Å². The van der Waals surface area contributed by atoms with Crippen molar-refractivity contribution < 1.29 is 14.3 Å². The number of amides is 1. The molecule has 0 aliphatic heterocycles. The molecule has 134 valence electrons. The Labute approximate surface area is 147 Å². The number of carbonyl (C=O) groups is 1. The van der Waals surface area contributed by atoms with Crippen LogP contribution in [0, 0.1) is 5.92 Å². The molecule has 6 nitrogen and oxygen atoms in total. The van der Waals surface area contributed by atoms with Crippen molar-refractivity contribution in [2.75, 3.05) is 13.7 Å². The predicted octanol–water partition coefficient (Wildman–Crippen LogP) is 2.28. The Morgan fingerprint density at radius 2 is 1.96 bits per heavy atom. The highest BCUT2D eigenvalue weighted by atomic mass is 16.5. The molecule has 0 saturated carbocycles. The maximum atomic E-state index is 12.0. The number of aromatic amines is 1. The molecule has 0 unspecified atom stereocenters. The molecule has 0 spiro atoms. The molecule has 0 fully saturated rings. The first kappa shape index (κ1) is 18.6. The fraction of sp³-hybridized carbons (Fsp3) is 0.368. The zero-order valence-corrected chi connectivity index (χ0v) is 14.8. The van der Waals surface area contributed by atoms with Gasteiger partial charge in [-0.1, -0.05) is 26.0 Å². The first-order valence-electron chi connectivity index (χ1n) is 8.22. The van der Waals surface area contributed by atoms with E-state index in [0.717, 1.165) is 11.3 Å². The molecule has 0 bridgehead atoms. The van der Waals surface area contributed by atoms with Crippen LogP contribution in [-0.2, 0) is 17.8 Å². The summed E-state index contributed by atoms with van der Waals surface area (Å²) in [4.78, 5) is 27.0. The molecule has 0 saturated heterocycles. The summed E-state index contributed by atoms with van der Waals surface area (Å²) in [5.41, 5.74) is 1.33. The van der Waals surface area contributed by atoms with Crippen molar-refractivity contribution in [3.05, 3.63) is 58.0 Å². The van der Waals surface area contributed by atoms with Crippen LogP contribution in [0.4, 0.5) is 0 Å². The second-order valence-corrected chi connectivity index (χ2v) is 6.19. The number of ether oxygens (including phenoxy) is 2. The molecule has 0 radical (unpaired) electrons. The predicted molar refractivity (Wildman–Crippen MR) is 95.9 cm³/mol. The summed E-state index contributed by atoms with van der Waals surface area (Å²) in [5.74, 6) is 1.27. The normalized spacial score (nSPS) is 10.6. The van der Waals surface area contributed by atoms with Gasteiger partial charge in [0.1, 0.15) is 5.75 Å².